The Balaban J connectivity index is 2.60. The monoisotopic (exact) mass is 254 g/mol. The predicted molar refractivity (Wildman–Crippen MR) is 63.4 cm³/mol. The summed E-state index contributed by atoms with van der Waals surface area (Å²) in [5.41, 5.74) is 0.164. The van der Waals surface area contributed by atoms with Crippen LogP contribution in [0.1, 0.15) is 9.75 Å². The number of carboxylic acid groups (broad SMARTS) is 1. The Bertz CT molecular complexity index is 476. The highest BCUT2D eigenvalue weighted by molar-refractivity contribution is 7.13. The molecule has 5 heteroatoms. The molecule has 0 amide bonds. The fourth-order valence-corrected chi connectivity index (χ4v) is 2.91. The van der Waals surface area contributed by atoms with Gasteiger partial charge in [0.05, 0.1) is 5.57 Å². The molecule has 1 N–H and O–H groups in total. The van der Waals surface area contributed by atoms with Gasteiger partial charge in [-0.2, -0.15) is 4.39 Å². The summed E-state index contributed by atoms with van der Waals surface area (Å²) < 4.78 is 13.6. The highest BCUT2D eigenvalue weighted by Crippen LogP contribution is 2.33. The van der Waals surface area contributed by atoms with Crippen molar-refractivity contribution in [3.05, 3.63) is 50.6 Å². The van der Waals surface area contributed by atoms with Gasteiger partial charge in [0.2, 0.25) is 5.83 Å². The first kappa shape index (κ1) is 11.0. The number of rotatable bonds is 3. The smallest absolute Gasteiger partial charge is 0.365 e. The van der Waals surface area contributed by atoms with Gasteiger partial charge >= 0.3 is 5.97 Å². The minimum absolute atomic E-state index is 0.164. The van der Waals surface area contributed by atoms with Crippen molar-refractivity contribution >= 4 is 34.2 Å². The minimum Gasteiger partial charge on any atom is -0.476 e. The number of hydrogen-bond donors (Lipinski definition) is 1. The second kappa shape index (κ2) is 4.59. The first-order chi connectivity index (χ1) is 7.70. The Morgan fingerprint density at radius 3 is 1.94 bits per heavy atom. The third kappa shape index (κ3) is 2.05. The lowest BCUT2D eigenvalue weighted by atomic mass is 10.1. The molecular formula is C11H7FO2S2. The first-order valence-corrected chi connectivity index (χ1v) is 6.17. The van der Waals surface area contributed by atoms with Crippen LogP contribution in [0.3, 0.4) is 0 Å². The van der Waals surface area contributed by atoms with E-state index in [1.54, 1.807) is 35.0 Å². The Morgan fingerprint density at radius 2 is 1.62 bits per heavy atom. The molecule has 0 fully saturated rings. The van der Waals surface area contributed by atoms with Crippen LogP contribution in [-0.2, 0) is 4.79 Å². The van der Waals surface area contributed by atoms with Crippen molar-refractivity contribution in [2.45, 2.75) is 0 Å². The van der Waals surface area contributed by atoms with Gasteiger partial charge in [0.15, 0.2) is 0 Å². The molecule has 0 bridgehead atoms. The lowest BCUT2D eigenvalue weighted by Crippen LogP contribution is -1.99. The van der Waals surface area contributed by atoms with Crippen LogP contribution in [0.2, 0.25) is 0 Å². The van der Waals surface area contributed by atoms with E-state index in [9.17, 15) is 9.18 Å². The summed E-state index contributed by atoms with van der Waals surface area (Å²) in [6.07, 6.45) is 0. The fraction of sp³-hybridized carbons (Fsp3) is 0. The lowest BCUT2D eigenvalue weighted by Gasteiger charge is -2.02. The second-order valence-electron chi connectivity index (χ2n) is 2.95. The maximum atomic E-state index is 13.6. The highest BCUT2D eigenvalue weighted by Gasteiger charge is 2.19. The van der Waals surface area contributed by atoms with E-state index in [-0.39, 0.29) is 5.57 Å². The molecule has 2 aromatic heterocycles. The van der Waals surface area contributed by atoms with Crippen molar-refractivity contribution in [2.24, 2.45) is 0 Å². The molecule has 0 saturated heterocycles. The Hall–Kier alpha value is -1.46. The molecule has 2 nitrogen and oxygen atoms in total. The molecule has 2 aromatic rings. The van der Waals surface area contributed by atoms with E-state index in [0.29, 0.717) is 9.75 Å². The average Bonchev–Trinajstić information content (AvgIpc) is 2.89. The van der Waals surface area contributed by atoms with Gasteiger partial charge in [-0.25, -0.2) is 4.79 Å². The van der Waals surface area contributed by atoms with Crippen LogP contribution in [0.15, 0.2) is 40.9 Å². The van der Waals surface area contributed by atoms with Gasteiger partial charge in [-0.15, -0.1) is 22.7 Å². The first-order valence-electron chi connectivity index (χ1n) is 4.41. The summed E-state index contributed by atoms with van der Waals surface area (Å²) in [4.78, 5) is 12.0. The van der Waals surface area contributed by atoms with E-state index in [1.165, 1.54) is 22.7 Å². The summed E-state index contributed by atoms with van der Waals surface area (Å²) in [6.45, 7) is 0. The molecule has 16 heavy (non-hydrogen) atoms. The minimum atomic E-state index is -1.53. The van der Waals surface area contributed by atoms with Crippen molar-refractivity contribution in [2.75, 3.05) is 0 Å². The molecular weight excluding hydrogens is 247 g/mol. The quantitative estimate of drug-likeness (QED) is 0.849. The molecule has 0 aliphatic heterocycles. The zero-order valence-corrected chi connectivity index (χ0v) is 9.65. The Labute approximate surface area is 99.3 Å². The summed E-state index contributed by atoms with van der Waals surface area (Å²) >= 11 is 2.64. The average molecular weight is 254 g/mol. The van der Waals surface area contributed by atoms with E-state index in [0.717, 1.165) is 0 Å². The van der Waals surface area contributed by atoms with Gasteiger partial charge in [0.25, 0.3) is 0 Å². The van der Waals surface area contributed by atoms with Gasteiger partial charge in [-0.3, -0.25) is 0 Å². The topological polar surface area (TPSA) is 37.3 Å². The Morgan fingerprint density at radius 1 is 1.12 bits per heavy atom. The van der Waals surface area contributed by atoms with E-state index >= 15 is 0 Å². The molecule has 0 aromatic carbocycles. The summed E-state index contributed by atoms with van der Waals surface area (Å²) in [6, 6.07) is 6.95. The van der Waals surface area contributed by atoms with Crippen LogP contribution >= 0.6 is 22.7 Å². The van der Waals surface area contributed by atoms with Gasteiger partial charge in [0.1, 0.15) is 0 Å². The summed E-state index contributed by atoms with van der Waals surface area (Å²) in [7, 11) is 0. The number of thiophene rings is 2. The molecule has 0 aliphatic rings. The fourth-order valence-electron chi connectivity index (χ4n) is 1.29. The maximum Gasteiger partial charge on any atom is 0.365 e. The predicted octanol–water partition coefficient (Wildman–Crippen LogP) is 3.62. The Kier molecular flexibility index (Phi) is 3.17. The number of halogens is 1. The highest BCUT2D eigenvalue weighted by atomic mass is 32.1. The van der Waals surface area contributed by atoms with Gasteiger partial charge < -0.3 is 5.11 Å². The normalized spacial score (nSPS) is 10.1. The molecule has 0 atom stereocenters. The van der Waals surface area contributed by atoms with E-state index < -0.39 is 11.8 Å². The summed E-state index contributed by atoms with van der Waals surface area (Å²) in [5.74, 6) is -2.64. The zero-order chi connectivity index (χ0) is 11.5. The van der Waals surface area contributed by atoms with Crippen LogP contribution in [0.25, 0.3) is 5.57 Å². The van der Waals surface area contributed by atoms with Crippen molar-refractivity contribution in [3.8, 4) is 0 Å². The van der Waals surface area contributed by atoms with Crippen LogP contribution in [0.5, 0.6) is 0 Å². The SMILES string of the molecule is O=C(O)C(F)=C(c1cccs1)c1cccs1. The molecule has 2 rings (SSSR count). The number of aliphatic carboxylic acids is 1. The standard InChI is InChI=1S/C11H7FO2S2/c12-10(11(13)14)9(7-3-1-5-15-7)8-4-2-6-16-8/h1-6H,(H,13,14). The number of carbonyl (C=O) groups is 1. The molecule has 0 spiro atoms. The molecule has 0 saturated carbocycles. The number of carboxylic acids is 1. The van der Waals surface area contributed by atoms with Crippen molar-refractivity contribution in [1.29, 1.82) is 0 Å². The second-order valence-corrected chi connectivity index (χ2v) is 4.84. The molecule has 82 valence electrons. The van der Waals surface area contributed by atoms with Crippen molar-refractivity contribution in [1.82, 2.24) is 0 Å². The lowest BCUT2D eigenvalue weighted by molar-refractivity contribution is -0.134. The van der Waals surface area contributed by atoms with Crippen LogP contribution in [0, 0.1) is 0 Å². The summed E-state index contributed by atoms with van der Waals surface area (Å²) in [5, 5.41) is 12.3. The molecule has 0 unspecified atom stereocenters. The maximum absolute atomic E-state index is 13.6. The molecule has 2 heterocycles. The largest absolute Gasteiger partial charge is 0.476 e. The van der Waals surface area contributed by atoms with Crippen LogP contribution < -0.4 is 0 Å². The van der Waals surface area contributed by atoms with E-state index in [2.05, 4.69) is 0 Å². The van der Waals surface area contributed by atoms with Crippen LogP contribution in [0.4, 0.5) is 4.39 Å². The van der Waals surface area contributed by atoms with Crippen LogP contribution in [-0.4, -0.2) is 11.1 Å². The van der Waals surface area contributed by atoms with E-state index in [1.807, 2.05) is 0 Å². The van der Waals surface area contributed by atoms with Crippen molar-refractivity contribution < 1.29 is 14.3 Å². The van der Waals surface area contributed by atoms with Gasteiger partial charge in [-0.05, 0) is 22.9 Å². The van der Waals surface area contributed by atoms with E-state index in [4.69, 9.17) is 5.11 Å². The third-order valence-corrected chi connectivity index (χ3v) is 3.72. The van der Waals surface area contributed by atoms with Gasteiger partial charge in [0, 0.05) is 9.75 Å². The van der Waals surface area contributed by atoms with Gasteiger partial charge in [-0.1, -0.05) is 12.1 Å². The zero-order valence-electron chi connectivity index (χ0n) is 8.01. The number of hydrogen-bond acceptors (Lipinski definition) is 3. The molecule has 0 radical (unpaired) electrons. The van der Waals surface area contributed by atoms with Crippen molar-refractivity contribution in [3.63, 3.8) is 0 Å². The third-order valence-electron chi connectivity index (χ3n) is 1.94. The molecule has 0 aliphatic carbocycles.